The first-order chi connectivity index (χ1) is 7.58. The average Bonchev–Trinajstić information content (AvgIpc) is 2.23. The molecule has 2 rings (SSSR count). The molecule has 0 saturated carbocycles. The number of halogens is 2. The molecule has 0 aliphatic carbocycles. The van der Waals surface area contributed by atoms with Crippen LogP contribution in [0, 0.1) is 11.6 Å². The van der Waals surface area contributed by atoms with Crippen LogP contribution in [0.25, 0.3) is 0 Å². The molecule has 16 heavy (non-hydrogen) atoms. The van der Waals surface area contributed by atoms with Crippen LogP contribution in [-0.4, -0.2) is 29.3 Å². The summed E-state index contributed by atoms with van der Waals surface area (Å²) in [6.45, 7) is 0.890. The molecule has 0 spiro atoms. The van der Waals surface area contributed by atoms with Crippen molar-refractivity contribution in [1.82, 2.24) is 4.98 Å². The van der Waals surface area contributed by atoms with Gasteiger partial charge in [0, 0.05) is 19.2 Å². The number of rotatable bonds is 1. The third kappa shape index (κ3) is 2.06. The van der Waals surface area contributed by atoms with Gasteiger partial charge in [0.25, 0.3) is 0 Å². The zero-order chi connectivity index (χ0) is 11.7. The molecule has 1 fully saturated rings. The van der Waals surface area contributed by atoms with E-state index in [-0.39, 0.29) is 11.6 Å². The predicted molar refractivity (Wildman–Crippen MR) is 56.0 cm³/mol. The summed E-state index contributed by atoms with van der Waals surface area (Å²) in [5, 5.41) is 9.46. The minimum Gasteiger partial charge on any atom is -0.391 e. The van der Waals surface area contributed by atoms with Crippen LogP contribution in [0.4, 0.5) is 20.4 Å². The van der Waals surface area contributed by atoms with E-state index < -0.39 is 17.7 Å². The molecule has 0 radical (unpaired) electrons. The van der Waals surface area contributed by atoms with Gasteiger partial charge in [0.05, 0.1) is 6.10 Å². The Morgan fingerprint density at radius 2 is 2.19 bits per heavy atom. The predicted octanol–water partition coefficient (Wildman–Crippen LogP) is 0.903. The zero-order valence-corrected chi connectivity index (χ0v) is 8.66. The Labute approximate surface area is 91.7 Å². The Bertz CT molecular complexity index is 400. The van der Waals surface area contributed by atoms with Crippen molar-refractivity contribution < 1.29 is 13.9 Å². The lowest BCUT2D eigenvalue weighted by atomic mass is 10.1. The summed E-state index contributed by atoms with van der Waals surface area (Å²) in [6, 6.07) is 0.721. The van der Waals surface area contributed by atoms with Gasteiger partial charge in [-0.05, 0) is 12.8 Å². The van der Waals surface area contributed by atoms with Gasteiger partial charge in [0.1, 0.15) is 0 Å². The van der Waals surface area contributed by atoms with Crippen molar-refractivity contribution in [2.75, 3.05) is 23.7 Å². The molecular weight excluding hydrogens is 216 g/mol. The van der Waals surface area contributed by atoms with Gasteiger partial charge in [-0.25, -0.2) is 13.8 Å². The summed E-state index contributed by atoms with van der Waals surface area (Å²) in [4.78, 5) is 5.26. The number of aliphatic hydroxyl groups is 1. The summed E-state index contributed by atoms with van der Waals surface area (Å²) in [7, 11) is 0. The van der Waals surface area contributed by atoms with E-state index in [4.69, 9.17) is 5.73 Å². The van der Waals surface area contributed by atoms with Gasteiger partial charge in [-0.15, -0.1) is 0 Å². The summed E-state index contributed by atoms with van der Waals surface area (Å²) in [5.41, 5.74) is 5.29. The molecule has 1 aliphatic rings. The third-order valence-corrected chi connectivity index (χ3v) is 2.63. The maximum Gasteiger partial charge on any atom is 0.168 e. The second-order valence-corrected chi connectivity index (χ2v) is 3.90. The van der Waals surface area contributed by atoms with E-state index in [1.54, 1.807) is 4.90 Å². The first-order valence-corrected chi connectivity index (χ1v) is 5.12. The Morgan fingerprint density at radius 3 is 2.88 bits per heavy atom. The van der Waals surface area contributed by atoms with E-state index in [0.29, 0.717) is 19.5 Å². The standard InChI is InChI=1S/C10H13F2N3O/c11-7-4-8(12)10(14-9(7)13)15-3-1-2-6(16)5-15/h4,6,16H,1-3,5H2,(H2,13,14). The third-order valence-electron chi connectivity index (χ3n) is 2.63. The minimum absolute atomic E-state index is 0.0117. The molecule has 6 heteroatoms. The van der Waals surface area contributed by atoms with Crippen molar-refractivity contribution in [3.8, 4) is 0 Å². The first kappa shape index (κ1) is 11.1. The fourth-order valence-electron chi connectivity index (χ4n) is 1.84. The second kappa shape index (κ2) is 4.21. The minimum atomic E-state index is -0.862. The van der Waals surface area contributed by atoms with Gasteiger partial charge in [-0.3, -0.25) is 0 Å². The van der Waals surface area contributed by atoms with Crippen LogP contribution in [0.2, 0.25) is 0 Å². The molecule has 1 aliphatic heterocycles. The van der Waals surface area contributed by atoms with Gasteiger partial charge in [-0.2, -0.15) is 0 Å². The van der Waals surface area contributed by atoms with Crippen LogP contribution in [0.3, 0.4) is 0 Å². The highest BCUT2D eigenvalue weighted by molar-refractivity contribution is 5.47. The Morgan fingerprint density at radius 1 is 1.44 bits per heavy atom. The topological polar surface area (TPSA) is 62.4 Å². The normalized spacial score (nSPS) is 21.2. The molecule has 1 saturated heterocycles. The van der Waals surface area contributed by atoms with E-state index in [0.717, 1.165) is 12.5 Å². The maximum atomic E-state index is 13.5. The van der Waals surface area contributed by atoms with Crippen LogP contribution in [0.1, 0.15) is 12.8 Å². The lowest BCUT2D eigenvalue weighted by molar-refractivity contribution is 0.153. The number of nitrogen functional groups attached to an aromatic ring is 1. The number of hydrogen-bond acceptors (Lipinski definition) is 4. The van der Waals surface area contributed by atoms with E-state index in [2.05, 4.69) is 4.98 Å². The van der Waals surface area contributed by atoms with Crippen LogP contribution < -0.4 is 10.6 Å². The van der Waals surface area contributed by atoms with Gasteiger partial charge in [0.15, 0.2) is 23.3 Å². The molecule has 0 amide bonds. The number of nitrogens with zero attached hydrogens (tertiary/aromatic N) is 2. The number of piperidine rings is 1. The summed E-state index contributed by atoms with van der Waals surface area (Å²) in [6.07, 6.45) is 0.940. The SMILES string of the molecule is Nc1nc(N2CCCC(O)C2)c(F)cc1F. The van der Waals surface area contributed by atoms with Gasteiger partial charge in [0.2, 0.25) is 0 Å². The highest BCUT2D eigenvalue weighted by Crippen LogP contribution is 2.23. The van der Waals surface area contributed by atoms with E-state index in [1.165, 1.54) is 0 Å². The van der Waals surface area contributed by atoms with Crippen molar-refractivity contribution >= 4 is 11.6 Å². The number of hydrogen-bond donors (Lipinski definition) is 2. The van der Waals surface area contributed by atoms with Crippen molar-refractivity contribution in [2.24, 2.45) is 0 Å². The monoisotopic (exact) mass is 229 g/mol. The lowest BCUT2D eigenvalue weighted by Gasteiger charge is -2.31. The zero-order valence-electron chi connectivity index (χ0n) is 8.66. The number of aliphatic hydroxyl groups excluding tert-OH is 1. The summed E-state index contributed by atoms with van der Waals surface area (Å²) >= 11 is 0. The van der Waals surface area contributed by atoms with Crippen LogP contribution >= 0.6 is 0 Å². The molecule has 2 heterocycles. The average molecular weight is 229 g/mol. The van der Waals surface area contributed by atoms with Crippen molar-refractivity contribution in [2.45, 2.75) is 18.9 Å². The molecular formula is C10H13F2N3O. The molecule has 1 unspecified atom stereocenters. The Balaban J connectivity index is 2.29. The van der Waals surface area contributed by atoms with Crippen LogP contribution in [0.5, 0.6) is 0 Å². The molecule has 1 aromatic heterocycles. The van der Waals surface area contributed by atoms with Crippen molar-refractivity contribution in [3.63, 3.8) is 0 Å². The first-order valence-electron chi connectivity index (χ1n) is 5.12. The molecule has 1 atom stereocenters. The smallest absolute Gasteiger partial charge is 0.168 e. The van der Waals surface area contributed by atoms with Crippen molar-refractivity contribution in [1.29, 1.82) is 0 Å². The number of aromatic nitrogens is 1. The van der Waals surface area contributed by atoms with E-state index in [1.807, 2.05) is 0 Å². The van der Waals surface area contributed by atoms with Crippen LogP contribution in [-0.2, 0) is 0 Å². The molecule has 88 valence electrons. The van der Waals surface area contributed by atoms with Gasteiger partial charge in [-0.1, -0.05) is 0 Å². The number of nitrogens with two attached hydrogens (primary N) is 1. The summed E-state index contributed by atoms with van der Waals surface area (Å²) in [5.74, 6) is -1.92. The Hall–Kier alpha value is -1.43. The number of β-amino-alcohol motifs (C(OH)–C–C–N with tert-alkyl or cyclic N) is 1. The van der Waals surface area contributed by atoms with Crippen LogP contribution in [0.15, 0.2) is 6.07 Å². The molecule has 0 aromatic carbocycles. The van der Waals surface area contributed by atoms with Gasteiger partial charge < -0.3 is 15.7 Å². The molecule has 4 nitrogen and oxygen atoms in total. The van der Waals surface area contributed by atoms with Crippen molar-refractivity contribution in [3.05, 3.63) is 17.7 Å². The molecule has 1 aromatic rings. The number of pyridine rings is 1. The highest BCUT2D eigenvalue weighted by atomic mass is 19.1. The van der Waals surface area contributed by atoms with E-state index in [9.17, 15) is 13.9 Å². The van der Waals surface area contributed by atoms with Gasteiger partial charge >= 0.3 is 0 Å². The molecule has 0 bridgehead atoms. The Kier molecular flexibility index (Phi) is 2.91. The van der Waals surface area contributed by atoms with E-state index >= 15 is 0 Å². The lowest BCUT2D eigenvalue weighted by Crippen LogP contribution is -2.39. The summed E-state index contributed by atoms with van der Waals surface area (Å²) < 4.78 is 26.4. The fraction of sp³-hybridized carbons (Fsp3) is 0.500. The number of anilines is 2. The highest BCUT2D eigenvalue weighted by Gasteiger charge is 2.22. The largest absolute Gasteiger partial charge is 0.391 e. The second-order valence-electron chi connectivity index (χ2n) is 3.90. The maximum absolute atomic E-state index is 13.5. The molecule has 3 N–H and O–H groups in total. The quantitative estimate of drug-likeness (QED) is 0.751. The fourth-order valence-corrected chi connectivity index (χ4v) is 1.84.